The average Bonchev–Trinajstić information content (AvgIpc) is 2.99. The van der Waals surface area contributed by atoms with Gasteiger partial charge < -0.3 is 8.98 Å². The number of furan rings is 1. The number of nitriles is 1. The first-order valence-electron chi connectivity index (χ1n) is 5.23. The number of hydrogen-bond acceptors (Lipinski definition) is 3. The van der Waals surface area contributed by atoms with Crippen LogP contribution >= 0.6 is 0 Å². The van der Waals surface area contributed by atoms with Gasteiger partial charge in [-0.3, -0.25) is 0 Å². The molecule has 0 unspecified atom stereocenters. The quantitative estimate of drug-likeness (QED) is 0.670. The normalized spacial score (nSPS) is 10.5. The molecule has 2 aromatic heterocycles. The fourth-order valence-electron chi connectivity index (χ4n) is 1.85. The van der Waals surface area contributed by atoms with Crippen molar-refractivity contribution in [3.8, 4) is 6.07 Å². The van der Waals surface area contributed by atoms with Gasteiger partial charge in [0.2, 0.25) is 0 Å². The maximum Gasteiger partial charge on any atom is 0.134 e. The van der Waals surface area contributed by atoms with Crippen molar-refractivity contribution in [1.29, 1.82) is 5.26 Å². The lowest BCUT2D eigenvalue weighted by atomic mass is 10.1. The lowest BCUT2D eigenvalue weighted by Gasteiger charge is -1.99. The second-order valence-electron chi connectivity index (χ2n) is 3.82. The number of aromatic nitrogens is 2. The maximum absolute atomic E-state index is 8.89. The summed E-state index contributed by atoms with van der Waals surface area (Å²) in [5.41, 5.74) is 2.50. The van der Waals surface area contributed by atoms with Gasteiger partial charge in [-0.2, -0.15) is 5.26 Å². The third-order valence-corrected chi connectivity index (χ3v) is 2.69. The van der Waals surface area contributed by atoms with Gasteiger partial charge >= 0.3 is 0 Å². The third kappa shape index (κ3) is 1.68. The predicted molar refractivity (Wildman–Crippen MR) is 62.3 cm³/mol. The topological polar surface area (TPSA) is 54.8 Å². The summed E-state index contributed by atoms with van der Waals surface area (Å²) in [6.07, 6.45) is 7.12. The molecule has 4 heteroatoms. The standard InChI is InChI=1S/C13H9N3O/c14-6-10-1-2-13-12(5-10)11(8-17-13)7-16-4-3-15-9-16/h1-5,8-9H,7H2. The molecule has 0 aliphatic rings. The number of rotatable bonds is 2. The highest BCUT2D eigenvalue weighted by Crippen LogP contribution is 2.23. The van der Waals surface area contributed by atoms with E-state index in [9.17, 15) is 0 Å². The molecule has 17 heavy (non-hydrogen) atoms. The zero-order chi connectivity index (χ0) is 11.7. The highest BCUT2D eigenvalue weighted by Gasteiger charge is 2.07. The van der Waals surface area contributed by atoms with Gasteiger partial charge in [-0.25, -0.2) is 4.98 Å². The van der Waals surface area contributed by atoms with Gasteiger partial charge in [-0.1, -0.05) is 0 Å². The minimum Gasteiger partial charge on any atom is -0.464 e. The largest absolute Gasteiger partial charge is 0.464 e. The van der Waals surface area contributed by atoms with E-state index in [0.29, 0.717) is 12.1 Å². The average molecular weight is 223 g/mol. The van der Waals surface area contributed by atoms with Gasteiger partial charge in [0, 0.05) is 23.3 Å². The Morgan fingerprint density at radius 2 is 2.35 bits per heavy atom. The monoisotopic (exact) mass is 223 g/mol. The molecular weight excluding hydrogens is 214 g/mol. The van der Waals surface area contributed by atoms with Crippen LogP contribution in [-0.4, -0.2) is 9.55 Å². The lowest BCUT2D eigenvalue weighted by molar-refractivity contribution is 0.607. The van der Waals surface area contributed by atoms with E-state index < -0.39 is 0 Å². The second kappa shape index (κ2) is 3.80. The third-order valence-electron chi connectivity index (χ3n) is 2.69. The van der Waals surface area contributed by atoms with E-state index in [1.54, 1.807) is 24.9 Å². The molecule has 0 spiro atoms. The van der Waals surface area contributed by atoms with E-state index in [1.807, 2.05) is 22.9 Å². The Morgan fingerprint density at radius 3 is 3.12 bits per heavy atom. The number of nitrogens with zero attached hydrogens (tertiary/aromatic N) is 3. The minimum atomic E-state index is 0.644. The van der Waals surface area contributed by atoms with Crippen molar-refractivity contribution in [2.75, 3.05) is 0 Å². The Balaban J connectivity index is 2.08. The van der Waals surface area contributed by atoms with Crippen LogP contribution in [0.2, 0.25) is 0 Å². The summed E-state index contributed by atoms with van der Waals surface area (Å²) in [6.45, 7) is 0.696. The zero-order valence-electron chi connectivity index (χ0n) is 9.00. The van der Waals surface area contributed by atoms with Crippen molar-refractivity contribution in [2.45, 2.75) is 6.54 Å². The number of hydrogen-bond donors (Lipinski definition) is 0. The highest BCUT2D eigenvalue weighted by atomic mass is 16.3. The van der Waals surface area contributed by atoms with Crippen molar-refractivity contribution in [2.24, 2.45) is 0 Å². The van der Waals surface area contributed by atoms with Crippen LogP contribution in [0.5, 0.6) is 0 Å². The molecule has 0 saturated heterocycles. The maximum atomic E-state index is 8.89. The van der Waals surface area contributed by atoms with Crippen LogP contribution in [0.3, 0.4) is 0 Å². The highest BCUT2D eigenvalue weighted by molar-refractivity contribution is 5.82. The smallest absolute Gasteiger partial charge is 0.134 e. The molecule has 0 bridgehead atoms. The molecule has 0 atom stereocenters. The minimum absolute atomic E-state index is 0.644. The molecule has 2 heterocycles. The van der Waals surface area contributed by atoms with Crippen molar-refractivity contribution in [1.82, 2.24) is 9.55 Å². The molecule has 4 nitrogen and oxygen atoms in total. The van der Waals surface area contributed by atoms with Gasteiger partial charge in [0.15, 0.2) is 0 Å². The Morgan fingerprint density at radius 1 is 1.41 bits per heavy atom. The summed E-state index contributed by atoms with van der Waals surface area (Å²) in [7, 11) is 0. The van der Waals surface area contributed by atoms with Crippen molar-refractivity contribution >= 4 is 11.0 Å². The van der Waals surface area contributed by atoms with Crippen LogP contribution in [0.4, 0.5) is 0 Å². The summed E-state index contributed by atoms with van der Waals surface area (Å²) in [4.78, 5) is 4.00. The van der Waals surface area contributed by atoms with E-state index in [2.05, 4.69) is 11.1 Å². The Kier molecular flexibility index (Phi) is 2.16. The van der Waals surface area contributed by atoms with Gasteiger partial charge in [-0.05, 0) is 18.2 Å². The number of benzene rings is 1. The number of imidazole rings is 1. The first-order chi connectivity index (χ1) is 8.36. The Hall–Kier alpha value is -2.54. The SMILES string of the molecule is N#Cc1ccc2occ(Cn3ccnc3)c2c1. The van der Waals surface area contributed by atoms with E-state index in [1.165, 1.54) is 0 Å². The number of fused-ring (bicyclic) bond motifs is 1. The molecule has 82 valence electrons. The van der Waals surface area contributed by atoms with Gasteiger partial charge in [0.05, 0.1) is 30.8 Å². The second-order valence-corrected chi connectivity index (χ2v) is 3.82. The van der Waals surface area contributed by atoms with Crippen LogP contribution in [0.25, 0.3) is 11.0 Å². The Labute approximate surface area is 97.7 Å². The van der Waals surface area contributed by atoms with Crippen LogP contribution in [0, 0.1) is 11.3 Å². The summed E-state index contributed by atoms with van der Waals surface area (Å²) in [5, 5.41) is 9.87. The van der Waals surface area contributed by atoms with Gasteiger partial charge in [0.1, 0.15) is 5.58 Å². The first-order valence-corrected chi connectivity index (χ1v) is 5.23. The predicted octanol–water partition coefficient (Wildman–Crippen LogP) is 2.55. The fraction of sp³-hybridized carbons (Fsp3) is 0.0769. The first kappa shape index (κ1) is 9.67. The summed E-state index contributed by atoms with van der Waals surface area (Å²) in [5.74, 6) is 0. The van der Waals surface area contributed by atoms with Gasteiger partial charge in [0.25, 0.3) is 0 Å². The molecule has 0 aliphatic heterocycles. The molecule has 0 saturated carbocycles. The summed E-state index contributed by atoms with van der Waals surface area (Å²) < 4.78 is 7.42. The zero-order valence-corrected chi connectivity index (χ0v) is 9.00. The van der Waals surface area contributed by atoms with Crippen LogP contribution in [-0.2, 0) is 6.54 Å². The van der Waals surface area contributed by atoms with Crippen LogP contribution < -0.4 is 0 Å². The van der Waals surface area contributed by atoms with E-state index in [4.69, 9.17) is 9.68 Å². The molecule has 0 aliphatic carbocycles. The molecule has 1 aromatic carbocycles. The van der Waals surface area contributed by atoms with Crippen molar-refractivity contribution in [3.63, 3.8) is 0 Å². The molecule has 0 fully saturated rings. The van der Waals surface area contributed by atoms with Crippen molar-refractivity contribution in [3.05, 3.63) is 54.3 Å². The molecule has 3 aromatic rings. The van der Waals surface area contributed by atoms with E-state index in [0.717, 1.165) is 16.5 Å². The summed E-state index contributed by atoms with van der Waals surface area (Å²) >= 11 is 0. The van der Waals surface area contributed by atoms with Crippen molar-refractivity contribution < 1.29 is 4.42 Å². The fourth-order valence-corrected chi connectivity index (χ4v) is 1.85. The van der Waals surface area contributed by atoms with Crippen LogP contribution in [0.1, 0.15) is 11.1 Å². The van der Waals surface area contributed by atoms with Gasteiger partial charge in [-0.15, -0.1) is 0 Å². The Bertz CT molecular complexity index is 689. The van der Waals surface area contributed by atoms with E-state index in [-0.39, 0.29) is 0 Å². The van der Waals surface area contributed by atoms with Crippen LogP contribution in [0.15, 0.2) is 47.6 Å². The lowest BCUT2D eigenvalue weighted by Crippen LogP contribution is -1.94. The molecule has 0 amide bonds. The molecule has 0 radical (unpaired) electrons. The molecular formula is C13H9N3O. The molecule has 0 N–H and O–H groups in total. The molecule has 3 rings (SSSR count). The summed E-state index contributed by atoms with van der Waals surface area (Å²) in [6, 6.07) is 7.57. The van der Waals surface area contributed by atoms with E-state index >= 15 is 0 Å².